The number of carbonyl (C=O) groups excluding carboxylic acids is 1. The van der Waals surface area contributed by atoms with Gasteiger partial charge in [0.25, 0.3) is 0 Å². The summed E-state index contributed by atoms with van der Waals surface area (Å²) in [6, 6.07) is 1.22. The summed E-state index contributed by atoms with van der Waals surface area (Å²) in [6.45, 7) is 0.221. The van der Waals surface area contributed by atoms with Crippen molar-refractivity contribution in [1.82, 2.24) is 19.6 Å². The molecule has 3 rings (SSSR count). The lowest BCUT2D eigenvalue weighted by molar-refractivity contribution is -0.385. The van der Waals surface area contributed by atoms with Crippen molar-refractivity contribution in [3.8, 4) is 0 Å². The van der Waals surface area contributed by atoms with Crippen molar-refractivity contribution in [2.24, 2.45) is 0 Å². The monoisotopic (exact) mass is 430 g/mol. The summed E-state index contributed by atoms with van der Waals surface area (Å²) in [5.74, 6) is -11.1. The quantitative estimate of drug-likeness (QED) is 0.213. The summed E-state index contributed by atoms with van der Waals surface area (Å²) in [4.78, 5) is 22.2. The average molecular weight is 430 g/mol. The number of amides is 1. The second-order valence-corrected chi connectivity index (χ2v) is 6.05. The number of aryl methyl sites for hydroxylation is 1. The molecule has 0 radical (unpaired) electrons. The lowest BCUT2D eigenvalue weighted by atomic mass is 10.1. The molecule has 0 saturated carbocycles. The van der Waals surface area contributed by atoms with Gasteiger partial charge in [0.05, 0.1) is 17.0 Å². The lowest BCUT2D eigenvalue weighted by Gasteiger charge is -2.08. The van der Waals surface area contributed by atoms with Crippen molar-refractivity contribution >= 4 is 17.4 Å². The summed E-state index contributed by atoms with van der Waals surface area (Å²) in [6.07, 6.45) is 2.22. The van der Waals surface area contributed by atoms with Gasteiger partial charge in [-0.15, -0.1) is 0 Å². The van der Waals surface area contributed by atoms with E-state index in [1.165, 1.54) is 13.0 Å². The minimum absolute atomic E-state index is 0.0813. The molecule has 0 aliphatic carbocycles. The number of aromatic nitrogens is 4. The fourth-order valence-corrected chi connectivity index (χ4v) is 2.56. The van der Waals surface area contributed by atoms with E-state index in [0.29, 0.717) is 0 Å². The minimum atomic E-state index is -2.27. The fourth-order valence-electron chi connectivity index (χ4n) is 2.56. The standard InChI is InChI=1S/C16H11F5N6O3/c1-7-9(27(29)30)5-26(23-7)6-11(28)22-10-2-3-25(24-10)4-8-12(17)14(19)16(21)15(20)13(8)18/h2-3,5H,4,6H2,1H3,(H,22,24,28). The van der Waals surface area contributed by atoms with E-state index >= 15 is 0 Å². The highest BCUT2D eigenvalue weighted by atomic mass is 19.2. The molecule has 0 fully saturated rings. The number of carbonyl (C=O) groups is 1. The van der Waals surface area contributed by atoms with Crippen LogP contribution in [0.3, 0.4) is 0 Å². The number of nitro groups is 1. The Bertz CT molecular complexity index is 1130. The van der Waals surface area contributed by atoms with E-state index in [1.54, 1.807) is 0 Å². The van der Waals surface area contributed by atoms with Crippen LogP contribution in [0.25, 0.3) is 0 Å². The van der Waals surface area contributed by atoms with Crippen LogP contribution in [0.5, 0.6) is 0 Å². The largest absolute Gasteiger partial charge is 0.309 e. The van der Waals surface area contributed by atoms with Crippen LogP contribution >= 0.6 is 0 Å². The van der Waals surface area contributed by atoms with Gasteiger partial charge in [-0.3, -0.25) is 24.3 Å². The third-order valence-electron chi connectivity index (χ3n) is 3.95. The van der Waals surface area contributed by atoms with Gasteiger partial charge in [0.2, 0.25) is 11.7 Å². The van der Waals surface area contributed by atoms with Crippen molar-refractivity contribution in [3.05, 3.63) is 68.9 Å². The maximum atomic E-state index is 13.7. The molecule has 1 amide bonds. The Balaban J connectivity index is 1.71. The second-order valence-electron chi connectivity index (χ2n) is 6.05. The summed E-state index contributed by atoms with van der Waals surface area (Å²) < 4.78 is 69.0. The highest BCUT2D eigenvalue weighted by molar-refractivity contribution is 5.89. The van der Waals surface area contributed by atoms with E-state index in [1.807, 2.05) is 0 Å². The number of anilines is 1. The summed E-state index contributed by atoms with van der Waals surface area (Å²) in [5.41, 5.74) is -1.25. The van der Waals surface area contributed by atoms with E-state index in [2.05, 4.69) is 15.5 Å². The Morgan fingerprint density at radius 3 is 2.23 bits per heavy atom. The predicted octanol–water partition coefficient (Wildman–Crippen LogP) is 2.68. The zero-order valence-electron chi connectivity index (χ0n) is 15.0. The van der Waals surface area contributed by atoms with Crippen LogP contribution in [0.1, 0.15) is 11.3 Å². The summed E-state index contributed by atoms with van der Waals surface area (Å²) in [5, 5.41) is 20.7. The van der Waals surface area contributed by atoms with E-state index in [4.69, 9.17) is 0 Å². The molecule has 14 heteroatoms. The van der Waals surface area contributed by atoms with E-state index < -0.39 is 52.0 Å². The molecule has 0 aliphatic rings. The SMILES string of the molecule is Cc1nn(CC(=O)Nc2ccn(Cc3c(F)c(F)c(F)c(F)c3F)n2)cc1[N+](=O)[O-]. The molecule has 9 nitrogen and oxygen atoms in total. The average Bonchev–Trinajstić information content (AvgIpc) is 3.27. The molecule has 0 spiro atoms. The van der Waals surface area contributed by atoms with Crippen LogP contribution in [-0.4, -0.2) is 30.4 Å². The predicted molar refractivity (Wildman–Crippen MR) is 89.8 cm³/mol. The highest BCUT2D eigenvalue weighted by Gasteiger charge is 2.26. The van der Waals surface area contributed by atoms with E-state index in [-0.39, 0.29) is 23.7 Å². The summed E-state index contributed by atoms with van der Waals surface area (Å²) in [7, 11) is 0. The molecule has 2 aromatic heterocycles. The van der Waals surface area contributed by atoms with E-state index in [9.17, 15) is 36.9 Å². The Kier molecular flexibility index (Phi) is 5.49. The number of rotatable bonds is 6. The molecule has 3 aromatic rings. The number of nitrogens with zero attached hydrogens (tertiary/aromatic N) is 5. The summed E-state index contributed by atoms with van der Waals surface area (Å²) >= 11 is 0. The van der Waals surface area contributed by atoms with Gasteiger partial charge in [-0.25, -0.2) is 22.0 Å². The van der Waals surface area contributed by atoms with Crippen molar-refractivity contribution < 1.29 is 31.7 Å². The number of benzene rings is 1. The first-order valence-electron chi connectivity index (χ1n) is 8.10. The number of hydrogen-bond acceptors (Lipinski definition) is 5. The zero-order valence-corrected chi connectivity index (χ0v) is 15.0. The van der Waals surface area contributed by atoms with Crippen LogP contribution in [0.4, 0.5) is 33.5 Å². The molecule has 0 unspecified atom stereocenters. The van der Waals surface area contributed by atoms with Gasteiger partial charge in [-0.05, 0) is 6.92 Å². The maximum Gasteiger partial charge on any atom is 0.309 e. The highest BCUT2D eigenvalue weighted by Crippen LogP contribution is 2.24. The first-order chi connectivity index (χ1) is 14.1. The molecule has 0 atom stereocenters. The molecular formula is C16H11F5N6O3. The van der Waals surface area contributed by atoms with Gasteiger partial charge in [0, 0.05) is 12.3 Å². The van der Waals surface area contributed by atoms with Gasteiger partial charge in [0.1, 0.15) is 18.4 Å². The molecule has 1 aromatic carbocycles. The number of nitrogens with one attached hydrogen (secondary N) is 1. The fraction of sp³-hybridized carbons (Fsp3) is 0.188. The third-order valence-corrected chi connectivity index (χ3v) is 3.95. The molecule has 158 valence electrons. The Hall–Kier alpha value is -3.84. The first-order valence-corrected chi connectivity index (χ1v) is 8.10. The van der Waals surface area contributed by atoms with Gasteiger partial charge in [0.15, 0.2) is 29.1 Å². The molecule has 0 bridgehead atoms. The third kappa shape index (κ3) is 3.97. The van der Waals surface area contributed by atoms with Gasteiger partial charge < -0.3 is 5.32 Å². The van der Waals surface area contributed by atoms with Crippen LogP contribution in [0.15, 0.2) is 18.5 Å². The number of hydrogen-bond donors (Lipinski definition) is 1. The molecule has 0 saturated heterocycles. The zero-order chi connectivity index (χ0) is 22.2. The molecule has 1 N–H and O–H groups in total. The minimum Gasteiger partial charge on any atom is -0.308 e. The van der Waals surface area contributed by atoms with Crippen LogP contribution < -0.4 is 5.32 Å². The van der Waals surface area contributed by atoms with Crippen molar-refractivity contribution in [2.75, 3.05) is 5.32 Å². The smallest absolute Gasteiger partial charge is 0.308 e. The normalized spacial score (nSPS) is 11.0. The van der Waals surface area contributed by atoms with Crippen molar-refractivity contribution in [3.63, 3.8) is 0 Å². The second kappa shape index (κ2) is 7.88. The lowest BCUT2D eigenvalue weighted by Crippen LogP contribution is -2.19. The van der Waals surface area contributed by atoms with Gasteiger partial charge in [-0.2, -0.15) is 10.2 Å². The Morgan fingerprint density at radius 2 is 1.67 bits per heavy atom. The van der Waals surface area contributed by atoms with Gasteiger partial charge in [-0.1, -0.05) is 0 Å². The van der Waals surface area contributed by atoms with Crippen LogP contribution in [0.2, 0.25) is 0 Å². The Morgan fingerprint density at radius 1 is 1.07 bits per heavy atom. The molecule has 30 heavy (non-hydrogen) atoms. The first kappa shape index (κ1) is 20.9. The van der Waals surface area contributed by atoms with Gasteiger partial charge >= 0.3 is 5.69 Å². The van der Waals surface area contributed by atoms with Crippen molar-refractivity contribution in [2.45, 2.75) is 20.0 Å². The molecule has 0 aliphatic heterocycles. The molecular weight excluding hydrogens is 419 g/mol. The maximum absolute atomic E-state index is 13.7. The van der Waals surface area contributed by atoms with Crippen molar-refractivity contribution in [1.29, 1.82) is 0 Å². The number of halogens is 5. The van der Waals surface area contributed by atoms with Crippen LogP contribution in [-0.2, 0) is 17.9 Å². The van der Waals surface area contributed by atoms with E-state index in [0.717, 1.165) is 21.8 Å². The Labute approximate surface area is 163 Å². The topological polar surface area (TPSA) is 108 Å². The van der Waals surface area contributed by atoms with Crippen LogP contribution in [0, 0.1) is 46.1 Å². The molecule has 2 heterocycles.